The summed E-state index contributed by atoms with van der Waals surface area (Å²) >= 11 is 0. The van der Waals surface area contributed by atoms with Gasteiger partial charge in [-0.3, -0.25) is 10.1 Å². The van der Waals surface area contributed by atoms with Crippen LogP contribution in [0.5, 0.6) is 0 Å². The van der Waals surface area contributed by atoms with E-state index in [0.29, 0.717) is 0 Å². The van der Waals surface area contributed by atoms with Crippen LogP contribution in [0.3, 0.4) is 0 Å². The quantitative estimate of drug-likeness (QED) is 0.427. The number of benzene rings is 3. The molecule has 3 aromatic carbocycles. The number of carboxylic acid groups (broad SMARTS) is 1. The molecule has 1 aliphatic rings. The van der Waals surface area contributed by atoms with Crippen molar-refractivity contribution in [2.75, 3.05) is 11.9 Å². The van der Waals surface area contributed by atoms with E-state index in [0.717, 1.165) is 22.3 Å². The lowest BCUT2D eigenvalue weighted by molar-refractivity contribution is -0.141. The van der Waals surface area contributed by atoms with Gasteiger partial charge in [-0.05, 0) is 41.3 Å². The Bertz CT molecular complexity index is 1190. The number of ether oxygens (including phenoxy) is 1. The van der Waals surface area contributed by atoms with Gasteiger partial charge in [-0.25, -0.2) is 9.59 Å². The maximum absolute atomic E-state index is 12.6. The number of carbonyl (C=O) groups is 3. The lowest BCUT2D eigenvalue weighted by Gasteiger charge is -2.18. The van der Waals surface area contributed by atoms with Crippen LogP contribution >= 0.6 is 0 Å². The number of nitrogens with one attached hydrogen (secondary N) is 2. The zero-order valence-electron chi connectivity index (χ0n) is 18.4. The predicted molar refractivity (Wildman–Crippen MR) is 126 cm³/mol. The molecule has 0 heterocycles. The first kappa shape index (κ1) is 23.0. The molecule has 0 fully saturated rings. The van der Waals surface area contributed by atoms with Gasteiger partial charge in [0.15, 0.2) is 6.04 Å². The topological polar surface area (TPSA) is 125 Å². The number of fused-ring (bicyclic) bond motifs is 3. The van der Waals surface area contributed by atoms with Crippen LogP contribution in [0.1, 0.15) is 34.3 Å². The van der Waals surface area contributed by atoms with E-state index in [-0.39, 0.29) is 23.8 Å². The monoisotopic (exact) mass is 460 g/mol. The summed E-state index contributed by atoms with van der Waals surface area (Å²) in [7, 11) is 0. The van der Waals surface area contributed by atoms with E-state index in [4.69, 9.17) is 4.74 Å². The molecule has 0 aliphatic heterocycles. The number of carbonyl (C=O) groups excluding carboxylic acids is 2. The molecule has 0 radical (unpaired) electrons. The molecule has 1 aliphatic carbocycles. The molecule has 34 heavy (non-hydrogen) atoms. The van der Waals surface area contributed by atoms with Crippen LogP contribution in [0.25, 0.3) is 11.1 Å². The van der Waals surface area contributed by atoms with Crippen molar-refractivity contribution in [1.29, 1.82) is 0 Å². The van der Waals surface area contributed by atoms with Gasteiger partial charge in [0.1, 0.15) is 6.61 Å². The van der Waals surface area contributed by atoms with Gasteiger partial charge in [0, 0.05) is 5.92 Å². The van der Waals surface area contributed by atoms with Gasteiger partial charge in [0.05, 0.1) is 17.4 Å². The predicted octanol–water partition coefficient (Wildman–Crippen LogP) is 3.61. The third-order valence-corrected chi connectivity index (χ3v) is 5.79. The smallest absolute Gasteiger partial charge is 0.411 e. The summed E-state index contributed by atoms with van der Waals surface area (Å²) in [5.74, 6) is -2.23. The third kappa shape index (κ3) is 4.62. The summed E-state index contributed by atoms with van der Waals surface area (Å²) in [5, 5.41) is 23.7. The minimum absolute atomic E-state index is 0.0444. The molecule has 0 saturated carbocycles. The molecule has 0 spiro atoms. The first-order valence-electron chi connectivity index (χ1n) is 10.8. The summed E-state index contributed by atoms with van der Waals surface area (Å²) in [6.45, 7) is 1.37. The average Bonchev–Trinajstić information content (AvgIpc) is 3.14. The summed E-state index contributed by atoms with van der Waals surface area (Å²) in [6, 6.07) is 20.6. The highest BCUT2D eigenvalue weighted by atomic mass is 16.5. The van der Waals surface area contributed by atoms with E-state index >= 15 is 0 Å². The molecule has 0 saturated heterocycles. The van der Waals surface area contributed by atoms with E-state index in [2.05, 4.69) is 10.6 Å². The molecule has 4 rings (SSSR count). The number of carboxylic acids is 1. The fraction of sp³-hybridized carbons (Fsp3) is 0.192. The Morgan fingerprint density at radius 1 is 0.912 bits per heavy atom. The second kappa shape index (κ2) is 9.76. The lowest BCUT2D eigenvalue weighted by atomic mass is 9.98. The number of aliphatic hydroxyl groups excluding tert-OH is 1. The molecule has 0 bridgehead atoms. The summed E-state index contributed by atoms with van der Waals surface area (Å²) < 4.78 is 5.52. The molecule has 2 atom stereocenters. The Labute approximate surface area is 196 Å². The molecule has 0 unspecified atom stereocenters. The third-order valence-electron chi connectivity index (χ3n) is 5.79. The minimum atomic E-state index is -1.49. The molecule has 8 heteroatoms. The van der Waals surface area contributed by atoms with Crippen molar-refractivity contribution in [3.8, 4) is 11.1 Å². The molecule has 8 nitrogen and oxygen atoms in total. The summed E-state index contributed by atoms with van der Waals surface area (Å²) in [5.41, 5.74) is 4.58. The average molecular weight is 460 g/mol. The first-order chi connectivity index (χ1) is 16.4. The van der Waals surface area contributed by atoms with Crippen molar-refractivity contribution >= 4 is 23.7 Å². The number of aliphatic carboxylic acids is 1. The van der Waals surface area contributed by atoms with Crippen LogP contribution in [0, 0.1) is 0 Å². The van der Waals surface area contributed by atoms with Crippen LogP contribution in [-0.2, 0) is 9.53 Å². The van der Waals surface area contributed by atoms with Crippen molar-refractivity contribution in [3.05, 3.63) is 89.5 Å². The second-order valence-electron chi connectivity index (χ2n) is 8.03. The summed E-state index contributed by atoms with van der Waals surface area (Å²) in [4.78, 5) is 36.5. The Balaban J connectivity index is 1.46. The number of hydrogen-bond acceptors (Lipinski definition) is 5. The van der Waals surface area contributed by atoms with E-state index in [1.165, 1.54) is 19.1 Å². The molecule has 174 valence electrons. The van der Waals surface area contributed by atoms with Crippen LogP contribution in [-0.4, -0.2) is 46.9 Å². The molecule has 2 amide bonds. The number of rotatable bonds is 7. The number of anilines is 1. The highest BCUT2D eigenvalue weighted by Crippen LogP contribution is 2.44. The molecule has 0 aromatic heterocycles. The lowest BCUT2D eigenvalue weighted by Crippen LogP contribution is -2.47. The number of aliphatic hydroxyl groups is 1. The fourth-order valence-corrected chi connectivity index (χ4v) is 4.14. The molecule has 3 aromatic rings. The van der Waals surface area contributed by atoms with Gasteiger partial charge in [-0.1, -0.05) is 60.7 Å². The standard InChI is InChI=1S/C26H24N2O6/c1-15(29)23(25(31)32)28-24(30)20-12-6-7-13-22(20)27-26(33)34-14-21-18-10-4-2-8-16(18)17-9-3-5-11-19(17)21/h2-13,15,21,23,29H,14H2,1H3,(H,27,33)(H,28,30)(H,31,32)/t15-,23+/m1/s1. The van der Waals surface area contributed by atoms with Crippen LogP contribution in [0.15, 0.2) is 72.8 Å². The Morgan fingerprint density at radius 3 is 2.06 bits per heavy atom. The first-order valence-corrected chi connectivity index (χ1v) is 10.8. The Kier molecular flexibility index (Phi) is 6.60. The largest absolute Gasteiger partial charge is 0.480 e. The number of hydrogen-bond donors (Lipinski definition) is 4. The maximum atomic E-state index is 12.6. The molecule has 4 N–H and O–H groups in total. The zero-order valence-corrected chi connectivity index (χ0v) is 18.4. The van der Waals surface area contributed by atoms with Crippen molar-refractivity contribution in [2.24, 2.45) is 0 Å². The fourth-order valence-electron chi connectivity index (χ4n) is 4.14. The van der Waals surface area contributed by atoms with Crippen LogP contribution < -0.4 is 10.6 Å². The molecular weight excluding hydrogens is 436 g/mol. The van der Waals surface area contributed by atoms with Gasteiger partial charge >= 0.3 is 12.1 Å². The van der Waals surface area contributed by atoms with Crippen molar-refractivity contribution in [3.63, 3.8) is 0 Å². The summed E-state index contributed by atoms with van der Waals surface area (Å²) in [6.07, 6.45) is -2.05. The van der Waals surface area contributed by atoms with Crippen molar-refractivity contribution < 1.29 is 29.3 Å². The SMILES string of the molecule is C[C@@H](O)[C@H](NC(=O)c1ccccc1NC(=O)OCC1c2ccccc2-c2ccccc21)C(=O)O. The molecular formula is C26H24N2O6. The van der Waals surface area contributed by atoms with Gasteiger partial charge in [-0.2, -0.15) is 0 Å². The van der Waals surface area contributed by atoms with Gasteiger partial charge in [-0.15, -0.1) is 0 Å². The van der Waals surface area contributed by atoms with E-state index in [1.807, 2.05) is 48.5 Å². The Morgan fingerprint density at radius 2 is 1.47 bits per heavy atom. The van der Waals surface area contributed by atoms with Crippen LogP contribution in [0.2, 0.25) is 0 Å². The second-order valence-corrected chi connectivity index (χ2v) is 8.03. The van der Waals surface area contributed by atoms with E-state index < -0.39 is 30.1 Å². The Hall–Kier alpha value is -4.17. The van der Waals surface area contributed by atoms with Crippen molar-refractivity contribution in [2.45, 2.75) is 25.0 Å². The number of para-hydroxylation sites is 1. The normalized spacial score (nSPS) is 13.8. The minimum Gasteiger partial charge on any atom is -0.480 e. The van der Waals surface area contributed by atoms with E-state index in [9.17, 15) is 24.6 Å². The van der Waals surface area contributed by atoms with Crippen molar-refractivity contribution in [1.82, 2.24) is 5.32 Å². The highest BCUT2D eigenvalue weighted by molar-refractivity contribution is 6.03. The van der Waals surface area contributed by atoms with Gasteiger partial charge in [0.25, 0.3) is 5.91 Å². The van der Waals surface area contributed by atoms with E-state index in [1.54, 1.807) is 12.1 Å². The van der Waals surface area contributed by atoms with Gasteiger partial charge in [0.2, 0.25) is 0 Å². The number of amides is 2. The maximum Gasteiger partial charge on any atom is 0.411 e. The zero-order chi connectivity index (χ0) is 24.2. The highest BCUT2D eigenvalue weighted by Gasteiger charge is 2.29. The van der Waals surface area contributed by atoms with Gasteiger partial charge < -0.3 is 20.3 Å². The van der Waals surface area contributed by atoms with Crippen LogP contribution in [0.4, 0.5) is 10.5 Å².